The van der Waals surface area contributed by atoms with Crippen LogP contribution in [0.2, 0.25) is 0 Å². The molecule has 1 saturated heterocycles. The van der Waals surface area contributed by atoms with Gasteiger partial charge in [0, 0.05) is 0 Å². The zero-order valence-corrected chi connectivity index (χ0v) is 16.1. The second-order valence-electron chi connectivity index (χ2n) is 6.34. The number of hydrogen-bond acceptors (Lipinski definition) is 3. The Morgan fingerprint density at radius 1 is 0.852 bits per heavy atom. The molecule has 0 spiro atoms. The summed E-state index contributed by atoms with van der Waals surface area (Å²) in [4.78, 5) is 12.5. The van der Waals surface area contributed by atoms with Gasteiger partial charge in [0.2, 0.25) is 0 Å². The summed E-state index contributed by atoms with van der Waals surface area (Å²) in [7, 11) is 0. The third-order valence-corrected chi connectivity index (χ3v) is 5.50. The van der Waals surface area contributed by atoms with Gasteiger partial charge in [-0.1, -0.05) is 96.8 Å². The second kappa shape index (κ2) is 7.91. The van der Waals surface area contributed by atoms with Crippen molar-refractivity contribution in [3.8, 4) is 11.1 Å². The number of thioether (sulfide) groups is 1. The molecule has 132 valence electrons. The summed E-state index contributed by atoms with van der Waals surface area (Å²) in [6.45, 7) is 0. The minimum atomic E-state index is -0.125. The standard InChI is InChI=1S/C23H17NOS2/c25-22-21(27-23(26)24-22)15-18-9-5-11-20(14-18)19-10-4-8-17(13-19)12-16-6-2-1-3-7-16/h1-11,13-15H,12H2,(H,24,25,26)/b21-15-. The van der Waals surface area contributed by atoms with Gasteiger partial charge in [-0.2, -0.15) is 0 Å². The number of nitrogens with one attached hydrogen (secondary N) is 1. The molecule has 0 saturated carbocycles. The summed E-state index contributed by atoms with van der Waals surface area (Å²) >= 11 is 6.36. The first-order valence-corrected chi connectivity index (χ1v) is 9.88. The van der Waals surface area contributed by atoms with Gasteiger partial charge in [-0.3, -0.25) is 4.79 Å². The van der Waals surface area contributed by atoms with Gasteiger partial charge in [-0.15, -0.1) is 0 Å². The minimum Gasteiger partial charge on any atom is -0.307 e. The van der Waals surface area contributed by atoms with E-state index in [1.165, 1.54) is 28.5 Å². The third kappa shape index (κ3) is 4.35. The van der Waals surface area contributed by atoms with Crippen molar-refractivity contribution < 1.29 is 4.79 Å². The van der Waals surface area contributed by atoms with E-state index in [1.54, 1.807) is 0 Å². The van der Waals surface area contributed by atoms with Gasteiger partial charge in [0.15, 0.2) is 0 Å². The van der Waals surface area contributed by atoms with E-state index >= 15 is 0 Å². The van der Waals surface area contributed by atoms with Gasteiger partial charge in [0.25, 0.3) is 5.91 Å². The highest BCUT2D eigenvalue weighted by Gasteiger charge is 2.21. The Kier molecular flexibility index (Phi) is 5.19. The number of carbonyl (C=O) groups excluding carboxylic acids is 1. The van der Waals surface area contributed by atoms with Gasteiger partial charge in [-0.25, -0.2) is 0 Å². The predicted octanol–water partition coefficient (Wildman–Crippen LogP) is 5.43. The van der Waals surface area contributed by atoms with E-state index in [0.717, 1.165) is 17.5 Å². The normalized spacial score (nSPS) is 15.2. The van der Waals surface area contributed by atoms with Crippen LogP contribution in [0.3, 0.4) is 0 Å². The highest BCUT2D eigenvalue weighted by molar-refractivity contribution is 8.26. The highest BCUT2D eigenvalue weighted by Crippen LogP contribution is 2.28. The van der Waals surface area contributed by atoms with Gasteiger partial charge in [0.1, 0.15) is 4.32 Å². The Morgan fingerprint density at radius 3 is 2.30 bits per heavy atom. The van der Waals surface area contributed by atoms with Crippen LogP contribution in [0, 0.1) is 0 Å². The Hall–Kier alpha value is -2.69. The van der Waals surface area contributed by atoms with Gasteiger partial charge >= 0.3 is 0 Å². The molecule has 1 aliphatic rings. The molecule has 1 heterocycles. The Labute approximate surface area is 168 Å². The summed E-state index contributed by atoms with van der Waals surface area (Å²) < 4.78 is 0.510. The Morgan fingerprint density at radius 2 is 1.56 bits per heavy atom. The molecule has 0 aliphatic carbocycles. The van der Waals surface area contributed by atoms with Crippen LogP contribution in [-0.2, 0) is 11.2 Å². The lowest BCUT2D eigenvalue weighted by Gasteiger charge is -2.07. The lowest BCUT2D eigenvalue weighted by atomic mass is 9.98. The van der Waals surface area contributed by atoms with Crippen molar-refractivity contribution in [1.29, 1.82) is 0 Å². The zero-order chi connectivity index (χ0) is 18.6. The average molecular weight is 388 g/mol. The molecule has 1 amide bonds. The molecule has 3 aromatic rings. The fourth-order valence-corrected chi connectivity index (χ4v) is 4.12. The first-order chi connectivity index (χ1) is 13.2. The molecule has 2 nitrogen and oxygen atoms in total. The monoisotopic (exact) mass is 387 g/mol. The molecule has 0 unspecified atom stereocenters. The molecule has 0 atom stereocenters. The molecule has 1 fully saturated rings. The fourth-order valence-electron chi connectivity index (χ4n) is 3.07. The first kappa shape index (κ1) is 17.7. The average Bonchev–Trinajstić information content (AvgIpc) is 3.00. The number of carbonyl (C=O) groups is 1. The summed E-state index contributed by atoms with van der Waals surface area (Å²) in [6.07, 6.45) is 2.79. The Balaban J connectivity index is 1.61. The SMILES string of the molecule is O=C1NC(=S)S/C1=C\c1cccc(-c2cccc(Cc3ccccc3)c2)c1. The smallest absolute Gasteiger partial charge is 0.263 e. The van der Waals surface area contributed by atoms with Gasteiger partial charge < -0.3 is 5.32 Å². The first-order valence-electron chi connectivity index (χ1n) is 8.65. The van der Waals surface area contributed by atoms with E-state index in [0.29, 0.717) is 9.23 Å². The van der Waals surface area contributed by atoms with Crippen molar-refractivity contribution in [2.75, 3.05) is 0 Å². The van der Waals surface area contributed by atoms with Crippen molar-refractivity contribution in [2.24, 2.45) is 0 Å². The van der Waals surface area contributed by atoms with Crippen LogP contribution in [0.25, 0.3) is 17.2 Å². The molecule has 27 heavy (non-hydrogen) atoms. The van der Waals surface area contributed by atoms with E-state index in [1.807, 2.05) is 24.3 Å². The van der Waals surface area contributed by atoms with E-state index in [2.05, 4.69) is 66.0 Å². The van der Waals surface area contributed by atoms with Crippen molar-refractivity contribution in [3.63, 3.8) is 0 Å². The fraction of sp³-hybridized carbons (Fsp3) is 0.0435. The minimum absolute atomic E-state index is 0.125. The second-order valence-corrected chi connectivity index (χ2v) is 8.06. The lowest BCUT2D eigenvalue weighted by Crippen LogP contribution is -2.17. The summed E-state index contributed by atoms with van der Waals surface area (Å²) in [6, 6.07) is 27.3. The van der Waals surface area contributed by atoms with Crippen LogP contribution in [0.5, 0.6) is 0 Å². The van der Waals surface area contributed by atoms with E-state index in [4.69, 9.17) is 12.2 Å². The molecule has 3 aromatic carbocycles. The predicted molar refractivity (Wildman–Crippen MR) is 117 cm³/mol. The van der Waals surface area contributed by atoms with Crippen LogP contribution < -0.4 is 5.32 Å². The number of thiocarbonyl (C=S) groups is 1. The maximum absolute atomic E-state index is 11.9. The molecule has 0 bridgehead atoms. The number of rotatable bonds is 4. The molecule has 4 heteroatoms. The number of amides is 1. The molecule has 1 aliphatic heterocycles. The lowest BCUT2D eigenvalue weighted by molar-refractivity contribution is -0.115. The molecule has 0 radical (unpaired) electrons. The van der Waals surface area contributed by atoms with E-state index < -0.39 is 0 Å². The van der Waals surface area contributed by atoms with Crippen LogP contribution in [0.1, 0.15) is 16.7 Å². The van der Waals surface area contributed by atoms with Crippen LogP contribution >= 0.6 is 24.0 Å². The maximum Gasteiger partial charge on any atom is 0.263 e. The Bertz CT molecular complexity index is 1040. The zero-order valence-electron chi connectivity index (χ0n) is 14.5. The highest BCUT2D eigenvalue weighted by atomic mass is 32.2. The summed E-state index contributed by atoms with van der Waals surface area (Å²) in [5, 5.41) is 2.65. The topological polar surface area (TPSA) is 29.1 Å². The van der Waals surface area contributed by atoms with Crippen molar-refractivity contribution in [3.05, 3.63) is 100 Å². The van der Waals surface area contributed by atoms with Crippen LogP contribution in [0.4, 0.5) is 0 Å². The molecule has 4 rings (SSSR count). The van der Waals surface area contributed by atoms with E-state index in [9.17, 15) is 4.79 Å². The summed E-state index contributed by atoms with van der Waals surface area (Å²) in [5.41, 5.74) is 5.86. The molecule has 0 aromatic heterocycles. The van der Waals surface area contributed by atoms with Gasteiger partial charge in [-0.05, 0) is 46.4 Å². The molecular formula is C23H17NOS2. The number of hydrogen-bond donors (Lipinski definition) is 1. The molecule has 1 N–H and O–H groups in total. The summed E-state index contributed by atoms with van der Waals surface area (Å²) in [5.74, 6) is -0.125. The third-order valence-electron chi connectivity index (χ3n) is 4.34. The van der Waals surface area contributed by atoms with E-state index in [-0.39, 0.29) is 5.91 Å². The van der Waals surface area contributed by atoms with Crippen molar-refractivity contribution in [1.82, 2.24) is 5.32 Å². The quantitative estimate of drug-likeness (QED) is 0.478. The van der Waals surface area contributed by atoms with Gasteiger partial charge in [0.05, 0.1) is 4.91 Å². The molecular weight excluding hydrogens is 370 g/mol. The van der Waals surface area contributed by atoms with Crippen molar-refractivity contribution >= 4 is 40.3 Å². The van der Waals surface area contributed by atoms with Crippen molar-refractivity contribution in [2.45, 2.75) is 6.42 Å². The number of benzene rings is 3. The largest absolute Gasteiger partial charge is 0.307 e. The van der Waals surface area contributed by atoms with Crippen LogP contribution in [0.15, 0.2) is 83.8 Å². The maximum atomic E-state index is 11.9. The van der Waals surface area contributed by atoms with Crippen LogP contribution in [-0.4, -0.2) is 10.2 Å².